The highest BCUT2D eigenvalue weighted by molar-refractivity contribution is 5.83. The molecule has 32 heavy (non-hydrogen) atoms. The smallest absolute Gasteiger partial charge is 0.344 e. The van der Waals surface area contributed by atoms with E-state index in [-0.39, 0.29) is 24.8 Å². The minimum atomic E-state index is -0.382. The summed E-state index contributed by atoms with van der Waals surface area (Å²) in [7, 11) is 0. The van der Waals surface area contributed by atoms with Crippen molar-refractivity contribution >= 4 is 16.9 Å². The summed E-state index contributed by atoms with van der Waals surface area (Å²) in [5.41, 5.74) is 4.01. The Kier molecular flexibility index (Phi) is 7.73. The van der Waals surface area contributed by atoms with E-state index < -0.39 is 0 Å². The first-order valence-electron chi connectivity index (χ1n) is 11.4. The number of ether oxygens (including phenoxy) is 2. The summed E-state index contributed by atoms with van der Waals surface area (Å²) >= 11 is 0. The van der Waals surface area contributed by atoms with Gasteiger partial charge in [-0.2, -0.15) is 0 Å². The summed E-state index contributed by atoms with van der Waals surface area (Å²) in [5, 5.41) is 0.804. The molecule has 5 nitrogen and oxygen atoms in total. The van der Waals surface area contributed by atoms with E-state index in [0.717, 1.165) is 23.8 Å². The number of carbonyl (C=O) groups excluding carboxylic acids is 1. The average Bonchev–Trinajstić information content (AvgIpc) is 2.82. The molecule has 0 aliphatic carbocycles. The van der Waals surface area contributed by atoms with Crippen molar-refractivity contribution in [3.8, 4) is 16.9 Å². The second kappa shape index (κ2) is 10.5. The second-order valence-electron chi connectivity index (χ2n) is 8.24. The number of hydrogen-bond acceptors (Lipinski definition) is 5. The van der Waals surface area contributed by atoms with Gasteiger partial charge >= 0.3 is 11.6 Å². The molecule has 0 amide bonds. The Labute approximate surface area is 189 Å². The lowest BCUT2D eigenvalue weighted by molar-refractivity contribution is -0.149. The zero-order valence-electron chi connectivity index (χ0n) is 19.6. The van der Waals surface area contributed by atoms with Crippen LogP contribution in [-0.4, -0.2) is 12.8 Å². The molecule has 1 heterocycles. The van der Waals surface area contributed by atoms with Gasteiger partial charge in [-0.25, -0.2) is 4.79 Å². The van der Waals surface area contributed by atoms with Gasteiger partial charge in [-0.05, 0) is 59.6 Å². The molecule has 0 aliphatic heterocycles. The lowest BCUT2D eigenvalue weighted by Gasteiger charge is -2.19. The summed E-state index contributed by atoms with van der Waals surface area (Å²) < 4.78 is 16.0. The Bertz CT molecular complexity index is 1140. The Morgan fingerprint density at radius 2 is 1.69 bits per heavy atom. The Morgan fingerprint density at radius 3 is 2.38 bits per heavy atom. The van der Waals surface area contributed by atoms with Gasteiger partial charge in [0.2, 0.25) is 6.79 Å². The van der Waals surface area contributed by atoms with E-state index in [0.29, 0.717) is 28.7 Å². The fourth-order valence-corrected chi connectivity index (χ4v) is 3.63. The molecule has 1 aromatic heterocycles. The standard InChI is InChI=1S/C27H32O5/c1-6-17(4)19-10-12-22(23(13-19)18(5)7-2)24-14-20-9-11-21(15-25(20)32-27(24)29)30-16-31-26(28)8-3/h9-15,17-18H,6-8,16H2,1-5H3. The molecular weight excluding hydrogens is 404 g/mol. The average molecular weight is 437 g/mol. The molecule has 170 valence electrons. The van der Waals surface area contributed by atoms with E-state index in [4.69, 9.17) is 13.9 Å². The number of benzene rings is 2. The molecule has 0 fully saturated rings. The molecule has 2 atom stereocenters. The molecule has 0 N–H and O–H groups in total. The summed E-state index contributed by atoms with van der Waals surface area (Å²) in [4.78, 5) is 24.2. The van der Waals surface area contributed by atoms with E-state index >= 15 is 0 Å². The Balaban J connectivity index is 1.98. The van der Waals surface area contributed by atoms with Gasteiger partial charge in [0.05, 0.1) is 5.56 Å². The van der Waals surface area contributed by atoms with Crippen molar-refractivity contribution in [1.82, 2.24) is 0 Å². The summed E-state index contributed by atoms with van der Waals surface area (Å²) in [6.45, 7) is 10.3. The molecule has 0 aliphatic rings. The first-order chi connectivity index (χ1) is 15.4. The molecule has 0 bridgehead atoms. The molecule has 3 rings (SSSR count). The molecule has 5 heteroatoms. The van der Waals surface area contributed by atoms with E-state index in [9.17, 15) is 9.59 Å². The number of carbonyl (C=O) groups is 1. The van der Waals surface area contributed by atoms with Crippen molar-refractivity contribution in [3.05, 3.63) is 64.0 Å². The summed E-state index contributed by atoms with van der Waals surface area (Å²) in [6, 6.07) is 13.6. The van der Waals surface area contributed by atoms with E-state index in [1.807, 2.05) is 12.1 Å². The van der Waals surface area contributed by atoms with Crippen molar-refractivity contribution in [3.63, 3.8) is 0 Å². The normalized spacial score (nSPS) is 13.0. The molecular formula is C27H32O5. The third kappa shape index (κ3) is 5.21. The quantitative estimate of drug-likeness (QED) is 0.210. The first-order valence-corrected chi connectivity index (χ1v) is 11.4. The van der Waals surface area contributed by atoms with Crippen LogP contribution in [0.4, 0.5) is 0 Å². The maximum atomic E-state index is 12.9. The van der Waals surface area contributed by atoms with Crippen molar-refractivity contribution in [2.24, 2.45) is 0 Å². The zero-order chi connectivity index (χ0) is 23.3. The predicted molar refractivity (Wildman–Crippen MR) is 127 cm³/mol. The third-order valence-corrected chi connectivity index (χ3v) is 6.13. The number of esters is 1. The Hall–Kier alpha value is -3.08. The third-order valence-electron chi connectivity index (χ3n) is 6.13. The zero-order valence-corrected chi connectivity index (χ0v) is 19.6. The van der Waals surface area contributed by atoms with Crippen LogP contribution in [0.3, 0.4) is 0 Å². The van der Waals surface area contributed by atoms with E-state index in [1.54, 1.807) is 19.1 Å². The lowest BCUT2D eigenvalue weighted by Crippen LogP contribution is -2.09. The highest BCUT2D eigenvalue weighted by Crippen LogP contribution is 2.34. The van der Waals surface area contributed by atoms with Crippen LogP contribution in [0.5, 0.6) is 5.75 Å². The van der Waals surface area contributed by atoms with E-state index in [1.165, 1.54) is 11.1 Å². The summed E-state index contributed by atoms with van der Waals surface area (Å²) in [6.07, 6.45) is 2.34. The summed E-state index contributed by atoms with van der Waals surface area (Å²) in [5.74, 6) is 0.925. The fraction of sp³-hybridized carbons (Fsp3) is 0.407. The first kappa shape index (κ1) is 23.6. The van der Waals surface area contributed by atoms with Crippen LogP contribution in [-0.2, 0) is 9.53 Å². The minimum absolute atomic E-state index is 0.179. The molecule has 0 saturated carbocycles. The minimum Gasteiger partial charge on any atom is -0.457 e. The van der Waals surface area contributed by atoms with Crippen molar-refractivity contribution < 1.29 is 18.7 Å². The second-order valence-corrected chi connectivity index (χ2v) is 8.24. The van der Waals surface area contributed by atoms with Gasteiger partial charge in [-0.3, -0.25) is 4.79 Å². The number of hydrogen-bond donors (Lipinski definition) is 0. The lowest BCUT2D eigenvalue weighted by atomic mass is 9.86. The van der Waals surface area contributed by atoms with Crippen LogP contribution in [0.15, 0.2) is 51.7 Å². The highest BCUT2D eigenvalue weighted by atomic mass is 16.7. The molecule has 0 radical (unpaired) electrons. The van der Waals surface area contributed by atoms with Gasteiger partial charge in [0, 0.05) is 17.9 Å². The van der Waals surface area contributed by atoms with Crippen LogP contribution in [0.2, 0.25) is 0 Å². The highest BCUT2D eigenvalue weighted by Gasteiger charge is 2.17. The predicted octanol–water partition coefficient (Wildman–Crippen LogP) is 6.78. The van der Waals surface area contributed by atoms with Crippen LogP contribution in [0.1, 0.15) is 76.8 Å². The van der Waals surface area contributed by atoms with Gasteiger partial charge in [-0.15, -0.1) is 0 Å². The van der Waals surface area contributed by atoms with Crippen LogP contribution in [0.25, 0.3) is 22.1 Å². The van der Waals surface area contributed by atoms with Crippen molar-refractivity contribution in [2.45, 2.75) is 65.7 Å². The van der Waals surface area contributed by atoms with Crippen molar-refractivity contribution in [2.75, 3.05) is 6.79 Å². The topological polar surface area (TPSA) is 65.7 Å². The van der Waals surface area contributed by atoms with Gasteiger partial charge in [0.1, 0.15) is 11.3 Å². The van der Waals surface area contributed by atoms with Gasteiger partial charge in [0.15, 0.2) is 0 Å². The van der Waals surface area contributed by atoms with Crippen LogP contribution < -0.4 is 10.4 Å². The van der Waals surface area contributed by atoms with Crippen LogP contribution in [0, 0.1) is 0 Å². The molecule has 0 saturated heterocycles. The molecule has 0 spiro atoms. The van der Waals surface area contributed by atoms with Gasteiger partial charge in [-0.1, -0.05) is 52.8 Å². The van der Waals surface area contributed by atoms with Crippen molar-refractivity contribution in [1.29, 1.82) is 0 Å². The molecule has 2 unspecified atom stereocenters. The fourth-order valence-electron chi connectivity index (χ4n) is 3.63. The van der Waals surface area contributed by atoms with Gasteiger partial charge < -0.3 is 13.9 Å². The maximum Gasteiger partial charge on any atom is 0.344 e. The van der Waals surface area contributed by atoms with Crippen LogP contribution >= 0.6 is 0 Å². The SMILES string of the molecule is CCC(=O)OCOc1ccc2cc(-c3ccc(C(C)CC)cc3C(C)CC)c(=O)oc2c1. The van der Waals surface area contributed by atoms with E-state index in [2.05, 4.69) is 45.9 Å². The monoisotopic (exact) mass is 436 g/mol. The Morgan fingerprint density at radius 1 is 0.938 bits per heavy atom. The number of rotatable bonds is 9. The maximum absolute atomic E-state index is 12.9. The molecule has 3 aromatic rings. The largest absolute Gasteiger partial charge is 0.457 e. The molecule has 2 aromatic carbocycles. The number of fused-ring (bicyclic) bond motifs is 1. The van der Waals surface area contributed by atoms with Gasteiger partial charge in [0.25, 0.3) is 0 Å².